The van der Waals surface area contributed by atoms with Gasteiger partial charge in [0, 0.05) is 22.9 Å². The number of hydrogen-bond donors (Lipinski definition) is 2. The maximum Gasteiger partial charge on any atom is 0.232 e. The Kier molecular flexibility index (Phi) is 6.30. The first-order chi connectivity index (χ1) is 11.0. The molecule has 0 amide bonds. The molecular formula is C17H21ClN2O2S. The smallest absolute Gasteiger partial charge is 0.232 e. The zero-order valence-electron chi connectivity index (χ0n) is 13.0. The summed E-state index contributed by atoms with van der Waals surface area (Å²) in [6, 6.07) is 14.8. The van der Waals surface area contributed by atoms with E-state index in [1.54, 1.807) is 12.1 Å². The van der Waals surface area contributed by atoms with Crippen molar-refractivity contribution in [2.45, 2.75) is 26.3 Å². The fourth-order valence-corrected chi connectivity index (χ4v) is 3.53. The summed E-state index contributed by atoms with van der Waals surface area (Å²) in [5.74, 6) is 0.149. The number of sulfonamides is 1. The quantitative estimate of drug-likeness (QED) is 0.735. The SMILES string of the molecule is CCCCS(=O)(=O)Nc1ccc(NCc2ccccc2Cl)cc1. The molecule has 0 aliphatic heterocycles. The van der Waals surface area contributed by atoms with Gasteiger partial charge in [-0.2, -0.15) is 0 Å². The van der Waals surface area contributed by atoms with Crippen LogP contribution in [0, 0.1) is 0 Å². The van der Waals surface area contributed by atoms with E-state index < -0.39 is 10.0 Å². The average Bonchev–Trinajstić information content (AvgIpc) is 2.53. The van der Waals surface area contributed by atoms with Gasteiger partial charge in [-0.05, 0) is 42.3 Å². The molecule has 0 atom stereocenters. The topological polar surface area (TPSA) is 58.2 Å². The highest BCUT2D eigenvalue weighted by Crippen LogP contribution is 2.19. The van der Waals surface area contributed by atoms with Gasteiger partial charge in [-0.25, -0.2) is 8.42 Å². The molecule has 2 N–H and O–H groups in total. The molecule has 2 rings (SSSR count). The van der Waals surface area contributed by atoms with E-state index in [2.05, 4.69) is 10.0 Å². The number of hydrogen-bond acceptors (Lipinski definition) is 3. The first-order valence-electron chi connectivity index (χ1n) is 7.58. The molecule has 0 unspecified atom stereocenters. The molecular weight excluding hydrogens is 332 g/mol. The monoisotopic (exact) mass is 352 g/mol. The Morgan fingerprint density at radius 2 is 1.65 bits per heavy atom. The van der Waals surface area contributed by atoms with Crippen LogP contribution in [0.4, 0.5) is 11.4 Å². The predicted octanol–water partition coefficient (Wildman–Crippen LogP) is 4.49. The van der Waals surface area contributed by atoms with Gasteiger partial charge < -0.3 is 5.32 Å². The lowest BCUT2D eigenvalue weighted by Gasteiger charge is -2.10. The summed E-state index contributed by atoms with van der Waals surface area (Å²) in [6.45, 7) is 2.58. The Labute approximate surface area is 142 Å². The van der Waals surface area contributed by atoms with E-state index in [9.17, 15) is 8.42 Å². The molecule has 6 heteroatoms. The molecule has 4 nitrogen and oxygen atoms in total. The molecule has 0 fully saturated rings. The van der Waals surface area contributed by atoms with Gasteiger partial charge >= 0.3 is 0 Å². The van der Waals surface area contributed by atoms with Crippen LogP contribution in [0.1, 0.15) is 25.3 Å². The third kappa shape index (κ3) is 5.77. The number of anilines is 2. The highest BCUT2D eigenvalue weighted by Gasteiger charge is 2.09. The van der Waals surface area contributed by atoms with Gasteiger partial charge in [0.05, 0.1) is 5.75 Å². The summed E-state index contributed by atoms with van der Waals surface area (Å²) in [7, 11) is -3.26. The Hall–Kier alpha value is -1.72. The minimum Gasteiger partial charge on any atom is -0.381 e. The minimum absolute atomic E-state index is 0.149. The Balaban J connectivity index is 1.93. The second kappa shape index (κ2) is 8.22. The van der Waals surface area contributed by atoms with E-state index in [0.717, 1.165) is 22.7 Å². The molecule has 0 aliphatic carbocycles. The molecule has 23 heavy (non-hydrogen) atoms. The van der Waals surface area contributed by atoms with Crippen LogP contribution in [0.2, 0.25) is 5.02 Å². The fourth-order valence-electron chi connectivity index (χ4n) is 2.06. The number of halogens is 1. The van der Waals surface area contributed by atoms with Crippen molar-refractivity contribution in [1.82, 2.24) is 0 Å². The van der Waals surface area contributed by atoms with Crippen LogP contribution < -0.4 is 10.0 Å². The highest BCUT2D eigenvalue weighted by atomic mass is 35.5. The van der Waals surface area contributed by atoms with Crippen LogP contribution in [0.15, 0.2) is 48.5 Å². The van der Waals surface area contributed by atoms with Crippen molar-refractivity contribution in [2.24, 2.45) is 0 Å². The summed E-state index contributed by atoms with van der Waals surface area (Å²) < 4.78 is 26.3. The standard InChI is InChI=1S/C17H21ClN2O2S/c1-2-3-12-23(21,22)20-16-10-8-15(9-11-16)19-13-14-6-4-5-7-17(14)18/h4-11,19-20H,2-3,12-13H2,1H3. The van der Waals surface area contributed by atoms with Crippen LogP contribution in [0.25, 0.3) is 0 Å². The second-order valence-corrected chi connectivity index (χ2v) is 7.55. The van der Waals surface area contributed by atoms with Crippen molar-refractivity contribution in [3.8, 4) is 0 Å². The summed E-state index contributed by atoms with van der Waals surface area (Å²) >= 11 is 6.11. The molecule has 0 heterocycles. The van der Waals surface area contributed by atoms with E-state index in [4.69, 9.17) is 11.6 Å². The summed E-state index contributed by atoms with van der Waals surface area (Å²) in [6.07, 6.45) is 1.51. The van der Waals surface area contributed by atoms with Crippen molar-refractivity contribution >= 4 is 33.0 Å². The van der Waals surface area contributed by atoms with E-state index >= 15 is 0 Å². The number of benzene rings is 2. The van der Waals surface area contributed by atoms with Crippen molar-refractivity contribution in [3.05, 3.63) is 59.1 Å². The third-order valence-electron chi connectivity index (χ3n) is 3.37. The zero-order valence-corrected chi connectivity index (χ0v) is 14.6. The van der Waals surface area contributed by atoms with Gasteiger partial charge in [-0.3, -0.25) is 4.72 Å². The summed E-state index contributed by atoms with van der Waals surface area (Å²) in [5.41, 5.74) is 2.49. The summed E-state index contributed by atoms with van der Waals surface area (Å²) in [4.78, 5) is 0. The molecule has 0 aliphatic rings. The normalized spacial score (nSPS) is 11.2. The Bertz CT molecular complexity index is 731. The van der Waals surface area contributed by atoms with Crippen molar-refractivity contribution in [1.29, 1.82) is 0 Å². The molecule has 2 aromatic carbocycles. The van der Waals surface area contributed by atoms with E-state index in [-0.39, 0.29) is 5.75 Å². The lowest BCUT2D eigenvalue weighted by molar-refractivity contribution is 0.598. The van der Waals surface area contributed by atoms with Crippen LogP contribution in [-0.4, -0.2) is 14.2 Å². The molecule has 0 spiro atoms. The van der Waals surface area contributed by atoms with Gasteiger partial charge in [-0.1, -0.05) is 43.1 Å². The molecule has 124 valence electrons. The van der Waals surface area contributed by atoms with Gasteiger partial charge in [0.25, 0.3) is 0 Å². The number of rotatable bonds is 8. The van der Waals surface area contributed by atoms with Gasteiger partial charge in [0.1, 0.15) is 0 Å². The van der Waals surface area contributed by atoms with Crippen LogP contribution in [0.5, 0.6) is 0 Å². The first kappa shape index (κ1) is 17.6. The van der Waals surface area contributed by atoms with E-state index in [1.807, 2.05) is 43.3 Å². The maximum atomic E-state index is 11.9. The van der Waals surface area contributed by atoms with E-state index in [0.29, 0.717) is 18.7 Å². The molecule has 0 saturated carbocycles. The summed E-state index contributed by atoms with van der Waals surface area (Å²) in [5, 5.41) is 3.99. The zero-order chi connectivity index (χ0) is 16.7. The number of nitrogens with one attached hydrogen (secondary N) is 2. The Morgan fingerprint density at radius 1 is 1.00 bits per heavy atom. The van der Waals surface area contributed by atoms with Crippen molar-refractivity contribution < 1.29 is 8.42 Å². The average molecular weight is 353 g/mol. The predicted molar refractivity (Wildman–Crippen MR) is 97.5 cm³/mol. The van der Waals surface area contributed by atoms with Crippen LogP contribution in [0.3, 0.4) is 0 Å². The van der Waals surface area contributed by atoms with Crippen LogP contribution >= 0.6 is 11.6 Å². The third-order valence-corrected chi connectivity index (χ3v) is 5.11. The second-order valence-electron chi connectivity index (χ2n) is 5.30. The van der Waals surface area contributed by atoms with Gasteiger partial charge in [0.15, 0.2) is 0 Å². The first-order valence-corrected chi connectivity index (χ1v) is 9.61. The minimum atomic E-state index is -3.26. The molecule has 0 saturated heterocycles. The molecule has 0 radical (unpaired) electrons. The number of unbranched alkanes of at least 4 members (excludes halogenated alkanes) is 1. The molecule has 0 aromatic heterocycles. The largest absolute Gasteiger partial charge is 0.381 e. The Morgan fingerprint density at radius 3 is 2.30 bits per heavy atom. The lowest BCUT2D eigenvalue weighted by atomic mass is 10.2. The van der Waals surface area contributed by atoms with E-state index in [1.165, 1.54) is 0 Å². The maximum absolute atomic E-state index is 11.9. The van der Waals surface area contributed by atoms with Crippen LogP contribution in [-0.2, 0) is 16.6 Å². The van der Waals surface area contributed by atoms with Gasteiger partial charge in [-0.15, -0.1) is 0 Å². The lowest BCUT2D eigenvalue weighted by Crippen LogP contribution is -2.16. The fraction of sp³-hybridized carbons (Fsp3) is 0.294. The van der Waals surface area contributed by atoms with Gasteiger partial charge in [0.2, 0.25) is 10.0 Å². The van der Waals surface area contributed by atoms with Crippen molar-refractivity contribution in [3.63, 3.8) is 0 Å². The van der Waals surface area contributed by atoms with Crippen molar-refractivity contribution in [2.75, 3.05) is 15.8 Å². The molecule has 2 aromatic rings. The highest BCUT2D eigenvalue weighted by molar-refractivity contribution is 7.92. The molecule has 0 bridgehead atoms.